The quantitative estimate of drug-likeness (QED) is 0.431. The third-order valence-electron chi connectivity index (χ3n) is 3.90. The second kappa shape index (κ2) is 6.70. The van der Waals surface area contributed by atoms with Crippen LogP contribution in [0, 0.1) is 10.1 Å². The molecule has 0 aliphatic heterocycles. The summed E-state index contributed by atoms with van der Waals surface area (Å²) >= 11 is 0. The van der Waals surface area contributed by atoms with Crippen molar-refractivity contribution in [3.8, 4) is 11.3 Å². The van der Waals surface area contributed by atoms with Crippen molar-refractivity contribution in [3.05, 3.63) is 64.5 Å². The molecule has 8 nitrogen and oxygen atoms in total. The Hall–Kier alpha value is -3.26. The number of esters is 1. The van der Waals surface area contributed by atoms with Gasteiger partial charge < -0.3 is 14.9 Å². The molecule has 3 aromatic rings. The molecule has 8 heteroatoms. The van der Waals surface area contributed by atoms with Crippen LogP contribution >= 0.6 is 0 Å². The normalized spacial score (nSPS) is 12.1. The van der Waals surface area contributed by atoms with Crippen molar-refractivity contribution in [2.75, 3.05) is 7.11 Å². The fourth-order valence-corrected chi connectivity index (χ4v) is 2.66. The minimum absolute atomic E-state index is 0.000302. The summed E-state index contributed by atoms with van der Waals surface area (Å²) in [5, 5.41) is 10.8. The van der Waals surface area contributed by atoms with Crippen LogP contribution in [0.2, 0.25) is 0 Å². The fourth-order valence-electron chi connectivity index (χ4n) is 2.66. The van der Waals surface area contributed by atoms with Crippen LogP contribution in [-0.2, 0) is 16.0 Å². The molecule has 2 heterocycles. The molecule has 128 valence electrons. The van der Waals surface area contributed by atoms with Crippen LogP contribution < -0.4 is 5.73 Å². The highest BCUT2D eigenvalue weighted by Crippen LogP contribution is 2.27. The first-order valence-electron chi connectivity index (χ1n) is 7.55. The number of nitro benzene ring substituents is 1. The molecule has 2 aromatic heterocycles. The van der Waals surface area contributed by atoms with Gasteiger partial charge in [0, 0.05) is 30.3 Å². The van der Waals surface area contributed by atoms with Crippen LogP contribution in [-0.4, -0.2) is 33.4 Å². The predicted octanol–water partition coefficient (Wildman–Crippen LogP) is 1.95. The number of nitrogens with zero attached hydrogens (tertiary/aromatic N) is 3. The van der Waals surface area contributed by atoms with E-state index in [1.54, 1.807) is 12.1 Å². The molecule has 0 aliphatic carbocycles. The van der Waals surface area contributed by atoms with Crippen LogP contribution in [0.25, 0.3) is 16.9 Å². The van der Waals surface area contributed by atoms with E-state index < -0.39 is 16.9 Å². The highest BCUT2D eigenvalue weighted by molar-refractivity contribution is 5.77. The molecule has 1 unspecified atom stereocenters. The number of pyridine rings is 1. The summed E-state index contributed by atoms with van der Waals surface area (Å²) in [6.45, 7) is 0. The van der Waals surface area contributed by atoms with Crippen molar-refractivity contribution in [2.24, 2.45) is 5.73 Å². The number of hydrogen-bond acceptors (Lipinski definition) is 6. The van der Waals surface area contributed by atoms with Gasteiger partial charge in [-0.3, -0.25) is 14.9 Å². The summed E-state index contributed by atoms with van der Waals surface area (Å²) in [5.74, 6) is -0.513. The van der Waals surface area contributed by atoms with Gasteiger partial charge in [-0.25, -0.2) is 4.98 Å². The van der Waals surface area contributed by atoms with Gasteiger partial charge in [0.15, 0.2) is 0 Å². The number of hydrogen-bond donors (Lipinski definition) is 1. The second-order valence-corrected chi connectivity index (χ2v) is 5.47. The molecule has 25 heavy (non-hydrogen) atoms. The molecular weight excluding hydrogens is 324 g/mol. The lowest BCUT2D eigenvalue weighted by Crippen LogP contribution is -2.34. The van der Waals surface area contributed by atoms with Gasteiger partial charge in [-0.05, 0) is 24.3 Å². The van der Waals surface area contributed by atoms with Gasteiger partial charge in [0.1, 0.15) is 11.7 Å². The highest BCUT2D eigenvalue weighted by Gasteiger charge is 2.21. The summed E-state index contributed by atoms with van der Waals surface area (Å²) < 4.78 is 6.54. The number of aromatic nitrogens is 2. The van der Waals surface area contributed by atoms with Gasteiger partial charge in [-0.2, -0.15) is 0 Å². The van der Waals surface area contributed by atoms with E-state index in [1.807, 2.05) is 28.8 Å². The number of benzene rings is 1. The standard InChI is InChI=1S/C17H16N4O4/c1-25-17(22)13(18)10-14-16(19-15-4-2-3-9-20(14)15)11-5-7-12(8-6-11)21(23)24/h2-9,13H,10,18H2,1H3. The van der Waals surface area contributed by atoms with Gasteiger partial charge in [0.25, 0.3) is 5.69 Å². The maximum Gasteiger partial charge on any atom is 0.323 e. The molecular formula is C17H16N4O4. The minimum Gasteiger partial charge on any atom is -0.468 e. The van der Waals surface area contributed by atoms with E-state index in [0.717, 1.165) is 5.69 Å². The number of methoxy groups -OCH3 is 1. The predicted molar refractivity (Wildman–Crippen MR) is 91.0 cm³/mol. The summed E-state index contributed by atoms with van der Waals surface area (Å²) in [5.41, 5.74) is 8.69. The zero-order valence-corrected chi connectivity index (χ0v) is 13.5. The van der Waals surface area contributed by atoms with E-state index in [2.05, 4.69) is 4.98 Å². The van der Waals surface area contributed by atoms with Crippen molar-refractivity contribution in [3.63, 3.8) is 0 Å². The van der Waals surface area contributed by atoms with E-state index in [1.165, 1.54) is 19.2 Å². The summed E-state index contributed by atoms with van der Waals surface area (Å²) in [6, 6.07) is 10.8. The van der Waals surface area contributed by atoms with Gasteiger partial charge in [0.2, 0.25) is 0 Å². The third-order valence-corrected chi connectivity index (χ3v) is 3.90. The van der Waals surface area contributed by atoms with Crippen molar-refractivity contribution in [1.82, 2.24) is 9.38 Å². The molecule has 0 amide bonds. The van der Waals surface area contributed by atoms with E-state index >= 15 is 0 Å². The number of carbonyl (C=O) groups excluding carboxylic acids is 1. The Labute approximate surface area is 143 Å². The van der Waals surface area contributed by atoms with Crippen LogP contribution in [0.1, 0.15) is 5.69 Å². The smallest absolute Gasteiger partial charge is 0.323 e. The van der Waals surface area contributed by atoms with Crippen molar-refractivity contribution < 1.29 is 14.5 Å². The number of carbonyl (C=O) groups is 1. The number of imidazole rings is 1. The average Bonchev–Trinajstić information content (AvgIpc) is 2.99. The average molecular weight is 340 g/mol. The van der Waals surface area contributed by atoms with E-state index in [4.69, 9.17) is 10.5 Å². The molecule has 0 bridgehead atoms. The van der Waals surface area contributed by atoms with E-state index in [9.17, 15) is 14.9 Å². The number of non-ortho nitro benzene ring substituents is 1. The Balaban J connectivity index is 2.09. The van der Waals surface area contributed by atoms with Gasteiger partial charge in [-0.15, -0.1) is 0 Å². The fraction of sp³-hybridized carbons (Fsp3) is 0.176. The van der Waals surface area contributed by atoms with Crippen molar-refractivity contribution in [1.29, 1.82) is 0 Å². The van der Waals surface area contributed by atoms with Crippen molar-refractivity contribution >= 4 is 17.3 Å². The Morgan fingerprint density at radius 1 is 1.32 bits per heavy atom. The first-order valence-corrected chi connectivity index (χ1v) is 7.55. The second-order valence-electron chi connectivity index (χ2n) is 5.47. The SMILES string of the molecule is COC(=O)C(N)Cc1c(-c2ccc([N+](=O)[O-])cc2)nc2ccccn12. The molecule has 0 saturated heterocycles. The molecule has 0 spiro atoms. The molecule has 1 atom stereocenters. The first kappa shape index (κ1) is 16.6. The van der Waals surface area contributed by atoms with E-state index in [-0.39, 0.29) is 12.1 Å². The van der Waals surface area contributed by atoms with Crippen LogP contribution in [0.15, 0.2) is 48.7 Å². The monoisotopic (exact) mass is 340 g/mol. The molecule has 1 aromatic carbocycles. The van der Waals surface area contributed by atoms with Crippen LogP contribution in [0.3, 0.4) is 0 Å². The minimum atomic E-state index is -0.832. The molecule has 0 fully saturated rings. The Morgan fingerprint density at radius 2 is 2.04 bits per heavy atom. The highest BCUT2D eigenvalue weighted by atomic mass is 16.6. The third kappa shape index (κ3) is 3.20. The number of nitro groups is 1. The van der Waals surface area contributed by atoms with E-state index in [0.29, 0.717) is 16.9 Å². The largest absolute Gasteiger partial charge is 0.468 e. The Bertz CT molecular complexity index is 933. The van der Waals surface area contributed by atoms with Gasteiger partial charge >= 0.3 is 5.97 Å². The molecule has 0 aliphatic rings. The summed E-state index contributed by atoms with van der Waals surface area (Å²) in [6.07, 6.45) is 2.06. The zero-order valence-electron chi connectivity index (χ0n) is 13.5. The van der Waals surface area contributed by atoms with Gasteiger partial charge in [0.05, 0.1) is 23.4 Å². The number of nitrogens with two attached hydrogens (primary N) is 1. The molecule has 0 radical (unpaired) electrons. The van der Waals surface area contributed by atoms with Crippen LogP contribution in [0.4, 0.5) is 5.69 Å². The number of rotatable bonds is 5. The van der Waals surface area contributed by atoms with Crippen LogP contribution in [0.5, 0.6) is 0 Å². The Morgan fingerprint density at radius 3 is 2.68 bits per heavy atom. The molecule has 0 saturated carbocycles. The van der Waals surface area contributed by atoms with Crippen molar-refractivity contribution in [2.45, 2.75) is 12.5 Å². The Kier molecular flexibility index (Phi) is 4.44. The number of ether oxygens (including phenoxy) is 1. The summed E-state index contributed by atoms with van der Waals surface area (Å²) in [7, 11) is 1.29. The van der Waals surface area contributed by atoms with Gasteiger partial charge in [-0.1, -0.05) is 6.07 Å². The maximum absolute atomic E-state index is 11.7. The molecule has 3 rings (SSSR count). The molecule has 2 N–H and O–H groups in total. The zero-order chi connectivity index (χ0) is 18.0. The topological polar surface area (TPSA) is 113 Å². The first-order chi connectivity index (χ1) is 12.0. The lowest BCUT2D eigenvalue weighted by molar-refractivity contribution is -0.384. The lowest BCUT2D eigenvalue weighted by atomic mass is 10.1. The number of fused-ring (bicyclic) bond motifs is 1. The summed E-state index contributed by atoms with van der Waals surface area (Å²) in [4.78, 5) is 26.6. The lowest BCUT2D eigenvalue weighted by Gasteiger charge is -2.11. The maximum atomic E-state index is 11.7.